The molecule has 0 atom stereocenters. The summed E-state index contributed by atoms with van der Waals surface area (Å²) in [5.41, 5.74) is 15.5. The third-order valence-electron chi connectivity index (χ3n) is 10.9. The largest absolute Gasteiger partial charge is 0.508 e. The Balaban J connectivity index is 2.28. The highest BCUT2D eigenvalue weighted by Crippen LogP contribution is 2.32. The van der Waals surface area contributed by atoms with Gasteiger partial charge in [0.2, 0.25) is 0 Å². The second-order valence-electron chi connectivity index (χ2n) is 16.9. The monoisotopic (exact) mass is 751 g/mol. The van der Waals surface area contributed by atoms with Gasteiger partial charge in [-0.15, -0.1) is 0 Å². The van der Waals surface area contributed by atoms with Gasteiger partial charge < -0.3 is 10.2 Å². The van der Waals surface area contributed by atoms with Crippen LogP contribution in [0, 0.1) is 13.8 Å². The first-order chi connectivity index (χ1) is 26.1. The van der Waals surface area contributed by atoms with Gasteiger partial charge in [0.25, 0.3) is 0 Å². The number of phenols is 2. The molecule has 55 heavy (non-hydrogen) atoms. The first-order valence-corrected chi connectivity index (χ1v) is 21.5. The fourth-order valence-corrected chi connectivity index (χ4v) is 6.62. The van der Waals surface area contributed by atoms with E-state index < -0.39 is 0 Å². The van der Waals surface area contributed by atoms with Gasteiger partial charge >= 0.3 is 0 Å². The molecule has 2 nitrogen and oxygen atoms in total. The summed E-state index contributed by atoms with van der Waals surface area (Å²) in [5.74, 6) is 0.554. The lowest BCUT2D eigenvalue weighted by atomic mass is 9.99. The molecule has 0 saturated carbocycles. The Morgan fingerprint density at radius 1 is 0.382 bits per heavy atom. The van der Waals surface area contributed by atoms with Crippen LogP contribution >= 0.6 is 0 Å². The van der Waals surface area contributed by atoms with Gasteiger partial charge in [0.15, 0.2) is 0 Å². The van der Waals surface area contributed by atoms with Crippen molar-refractivity contribution in [1.29, 1.82) is 0 Å². The molecule has 1 rings (SSSR count). The van der Waals surface area contributed by atoms with Crippen molar-refractivity contribution < 1.29 is 10.2 Å². The molecule has 0 bridgehead atoms. The number of rotatable bonds is 26. The Kier molecular flexibility index (Phi) is 25.9. The van der Waals surface area contributed by atoms with E-state index in [2.05, 4.69) is 124 Å². The van der Waals surface area contributed by atoms with E-state index >= 15 is 0 Å². The van der Waals surface area contributed by atoms with E-state index in [1.807, 2.05) is 13.8 Å². The second-order valence-corrected chi connectivity index (χ2v) is 16.9. The molecule has 306 valence electrons. The third-order valence-corrected chi connectivity index (χ3v) is 10.9. The van der Waals surface area contributed by atoms with Gasteiger partial charge in [-0.3, -0.25) is 0 Å². The molecule has 0 aromatic heterocycles. The number of hydrogen-bond donors (Lipinski definition) is 2. The smallest absolute Gasteiger partial charge is 0.122 e. The SMILES string of the molecule is CC(C)=CCC/C(C)=C\CC/C(C)=C/CC/C(C)=C/CC/C(C)=C/CC/C(C)=C/CC/C(C)=C/CC/C(C)=C\CC/C(C)=C\Cc1cc(O)c(C)c(C)c1O. The first-order valence-electron chi connectivity index (χ1n) is 21.5. The minimum Gasteiger partial charge on any atom is -0.508 e. The second kappa shape index (κ2) is 28.8. The van der Waals surface area contributed by atoms with Gasteiger partial charge in [-0.25, -0.2) is 0 Å². The van der Waals surface area contributed by atoms with E-state index in [4.69, 9.17) is 0 Å². The lowest BCUT2D eigenvalue weighted by Gasteiger charge is -2.10. The molecule has 0 unspecified atom stereocenters. The van der Waals surface area contributed by atoms with Crippen molar-refractivity contribution in [2.24, 2.45) is 0 Å². The summed E-state index contributed by atoms with van der Waals surface area (Å²) >= 11 is 0. The molecular formula is C53H82O2. The first kappa shape index (κ1) is 49.5. The summed E-state index contributed by atoms with van der Waals surface area (Å²) in [6, 6.07) is 1.69. The zero-order chi connectivity index (χ0) is 41.2. The Bertz CT molecular complexity index is 1590. The Morgan fingerprint density at radius 2 is 0.636 bits per heavy atom. The van der Waals surface area contributed by atoms with Crippen LogP contribution in [0.2, 0.25) is 0 Å². The number of hydrogen-bond acceptors (Lipinski definition) is 2. The van der Waals surface area contributed by atoms with Gasteiger partial charge in [0.05, 0.1) is 0 Å². The maximum Gasteiger partial charge on any atom is 0.122 e. The van der Waals surface area contributed by atoms with Gasteiger partial charge in [-0.1, -0.05) is 105 Å². The molecule has 0 radical (unpaired) electrons. The highest BCUT2D eigenvalue weighted by atomic mass is 16.3. The standard InChI is InChI=1S/C53H82O2/c1-40(2)21-13-22-41(3)23-14-24-42(4)25-15-26-43(5)27-16-28-44(6)29-17-30-45(7)31-18-32-46(8)33-19-34-47(9)35-20-36-48(10)37-38-51-39-52(54)49(11)50(12)53(51)55/h21,23,25,27,29,31,33,35,37,39,54-55H,13-20,22,24,26,28,30,32,34,36,38H2,1-12H3/b41-23-,42-25+,43-27+,44-29+,45-31+,46-33+,47-35-,48-37-. The molecule has 2 N–H and O–H groups in total. The maximum absolute atomic E-state index is 10.4. The van der Waals surface area contributed by atoms with Crippen LogP contribution in [0.1, 0.15) is 189 Å². The Morgan fingerprint density at radius 3 is 0.909 bits per heavy atom. The summed E-state index contributed by atoms with van der Waals surface area (Å²) in [7, 11) is 0. The molecule has 0 aliphatic rings. The molecular weight excluding hydrogens is 669 g/mol. The van der Waals surface area contributed by atoms with Crippen LogP contribution in [0.3, 0.4) is 0 Å². The maximum atomic E-state index is 10.4. The average molecular weight is 751 g/mol. The van der Waals surface area contributed by atoms with Crippen molar-refractivity contribution in [3.63, 3.8) is 0 Å². The van der Waals surface area contributed by atoms with E-state index in [-0.39, 0.29) is 5.75 Å². The minimum absolute atomic E-state index is 0.255. The highest BCUT2D eigenvalue weighted by molar-refractivity contribution is 5.51. The van der Waals surface area contributed by atoms with E-state index in [0.717, 1.165) is 100 Å². The average Bonchev–Trinajstić information content (AvgIpc) is 3.11. The van der Waals surface area contributed by atoms with Crippen LogP contribution in [0.25, 0.3) is 0 Å². The van der Waals surface area contributed by atoms with Crippen LogP contribution < -0.4 is 0 Å². The topological polar surface area (TPSA) is 40.5 Å². The van der Waals surface area contributed by atoms with Crippen LogP contribution in [0.15, 0.2) is 111 Å². The normalized spacial score (nSPS) is 14.3. The van der Waals surface area contributed by atoms with Crippen molar-refractivity contribution in [2.45, 2.75) is 192 Å². The van der Waals surface area contributed by atoms with E-state index in [9.17, 15) is 10.2 Å². The zero-order valence-corrected chi connectivity index (χ0v) is 37.7. The number of benzene rings is 1. The number of phenolic OH excluding ortho intramolecular Hbond substituents is 2. The molecule has 0 spiro atoms. The van der Waals surface area contributed by atoms with Gasteiger partial charge in [0, 0.05) is 5.56 Å². The molecule has 0 amide bonds. The van der Waals surface area contributed by atoms with Crippen molar-refractivity contribution in [3.05, 3.63) is 128 Å². The third kappa shape index (κ3) is 24.6. The van der Waals surface area contributed by atoms with Crippen LogP contribution in [-0.2, 0) is 6.42 Å². The minimum atomic E-state index is 0.255. The zero-order valence-electron chi connectivity index (χ0n) is 37.7. The summed E-state index contributed by atoms with van der Waals surface area (Å²) in [4.78, 5) is 0. The summed E-state index contributed by atoms with van der Waals surface area (Å²) in [6.45, 7) is 26.2. The summed E-state index contributed by atoms with van der Waals surface area (Å²) in [5, 5.41) is 20.6. The summed E-state index contributed by atoms with van der Waals surface area (Å²) in [6.07, 6.45) is 40.3. The van der Waals surface area contributed by atoms with Crippen molar-refractivity contribution >= 4 is 0 Å². The Labute approximate surface area is 340 Å². The van der Waals surface area contributed by atoms with Crippen molar-refractivity contribution in [1.82, 2.24) is 0 Å². The predicted molar refractivity (Wildman–Crippen MR) is 246 cm³/mol. The van der Waals surface area contributed by atoms with E-state index in [1.54, 1.807) is 6.07 Å². The molecule has 0 aliphatic heterocycles. The lowest BCUT2D eigenvalue weighted by molar-refractivity contribution is 0.448. The predicted octanol–water partition coefficient (Wildman–Crippen LogP) is 17.0. The lowest BCUT2D eigenvalue weighted by Crippen LogP contribution is -1.91. The van der Waals surface area contributed by atoms with E-state index in [1.165, 1.54) is 69.4 Å². The molecule has 0 saturated heterocycles. The number of allylic oxidation sites excluding steroid dienone is 18. The molecule has 0 fully saturated rings. The highest BCUT2D eigenvalue weighted by Gasteiger charge is 2.10. The number of aromatic hydroxyl groups is 2. The fraction of sp³-hybridized carbons (Fsp3) is 0.547. The van der Waals surface area contributed by atoms with Crippen LogP contribution in [0.5, 0.6) is 11.5 Å². The van der Waals surface area contributed by atoms with Crippen molar-refractivity contribution in [2.75, 3.05) is 0 Å². The van der Waals surface area contributed by atoms with E-state index in [0.29, 0.717) is 12.2 Å². The van der Waals surface area contributed by atoms with Gasteiger partial charge in [0.1, 0.15) is 11.5 Å². The quantitative estimate of drug-likeness (QED) is 0.0731. The van der Waals surface area contributed by atoms with Crippen LogP contribution in [0.4, 0.5) is 0 Å². The Hall–Kier alpha value is -3.52. The fourth-order valence-electron chi connectivity index (χ4n) is 6.62. The molecule has 1 aromatic carbocycles. The summed E-state index contributed by atoms with van der Waals surface area (Å²) < 4.78 is 0. The molecule has 0 aliphatic carbocycles. The molecule has 2 heteroatoms. The molecule has 1 aromatic rings. The van der Waals surface area contributed by atoms with Gasteiger partial charge in [-0.2, -0.15) is 0 Å². The van der Waals surface area contributed by atoms with Crippen LogP contribution in [-0.4, -0.2) is 10.2 Å². The van der Waals surface area contributed by atoms with Gasteiger partial charge in [-0.05, 0) is 209 Å². The van der Waals surface area contributed by atoms with Crippen molar-refractivity contribution in [3.8, 4) is 11.5 Å². The molecule has 0 heterocycles.